The minimum Gasteiger partial charge on any atom is -0.478 e. The van der Waals surface area contributed by atoms with Gasteiger partial charge in [0.1, 0.15) is 0 Å². The number of nitrogens with zero attached hydrogens (tertiary/aromatic N) is 1. The zero-order valence-electron chi connectivity index (χ0n) is 14.6. The van der Waals surface area contributed by atoms with E-state index < -0.39 is 5.97 Å². The highest BCUT2D eigenvalue weighted by Crippen LogP contribution is 2.26. The minimum absolute atomic E-state index is 0.0106. The van der Waals surface area contributed by atoms with Crippen molar-refractivity contribution < 1.29 is 14.7 Å². The van der Waals surface area contributed by atoms with Crippen molar-refractivity contribution in [2.75, 3.05) is 0 Å². The maximum atomic E-state index is 12.8. The Kier molecular flexibility index (Phi) is 5.39. The summed E-state index contributed by atoms with van der Waals surface area (Å²) < 4.78 is 0. The van der Waals surface area contributed by atoms with Crippen LogP contribution in [0.15, 0.2) is 18.2 Å². The molecule has 0 radical (unpaired) electrons. The highest BCUT2D eigenvalue weighted by Gasteiger charge is 2.27. The lowest BCUT2D eigenvalue weighted by Gasteiger charge is -2.31. The molecule has 1 rings (SSSR count). The van der Waals surface area contributed by atoms with E-state index in [4.69, 9.17) is 0 Å². The highest BCUT2D eigenvalue weighted by atomic mass is 16.4. The predicted molar refractivity (Wildman–Crippen MR) is 88.5 cm³/mol. The maximum Gasteiger partial charge on any atom is 0.336 e. The number of carboxylic acid groups (broad SMARTS) is 1. The molecule has 0 spiro atoms. The summed E-state index contributed by atoms with van der Waals surface area (Å²) in [5.41, 5.74) is 1.07. The molecule has 1 amide bonds. The fourth-order valence-electron chi connectivity index (χ4n) is 2.58. The molecule has 4 nitrogen and oxygen atoms in total. The Labute approximate surface area is 133 Å². The lowest BCUT2D eigenvalue weighted by atomic mass is 9.85. The maximum absolute atomic E-state index is 12.8. The van der Waals surface area contributed by atoms with E-state index in [0.29, 0.717) is 0 Å². The SMILES string of the molecule is CC(C)N(C(=O)c1ccc(C(C)(C)C)cc1C(=O)O)C(C)C. The first-order valence-corrected chi connectivity index (χ1v) is 7.67. The van der Waals surface area contributed by atoms with Gasteiger partial charge in [-0.2, -0.15) is 0 Å². The smallest absolute Gasteiger partial charge is 0.336 e. The van der Waals surface area contributed by atoms with Crippen molar-refractivity contribution in [2.45, 2.75) is 66.0 Å². The van der Waals surface area contributed by atoms with E-state index in [9.17, 15) is 14.7 Å². The third kappa shape index (κ3) is 3.87. The van der Waals surface area contributed by atoms with Crippen LogP contribution in [0, 0.1) is 0 Å². The first kappa shape index (κ1) is 18.2. The van der Waals surface area contributed by atoms with Gasteiger partial charge in [-0.05, 0) is 50.8 Å². The van der Waals surface area contributed by atoms with Crippen molar-refractivity contribution in [2.24, 2.45) is 0 Å². The number of hydrogen-bond donors (Lipinski definition) is 1. The Morgan fingerprint density at radius 2 is 1.50 bits per heavy atom. The number of carbonyl (C=O) groups excluding carboxylic acids is 1. The Morgan fingerprint density at radius 3 is 1.86 bits per heavy atom. The Hall–Kier alpha value is -1.84. The molecule has 4 heteroatoms. The van der Waals surface area contributed by atoms with Crippen molar-refractivity contribution in [1.29, 1.82) is 0 Å². The van der Waals surface area contributed by atoms with Crippen molar-refractivity contribution in [3.63, 3.8) is 0 Å². The highest BCUT2D eigenvalue weighted by molar-refractivity contribution is 6.05. The molecule has 0 unspecified atom stereocenters. The molecule has 0 bridgehead atoms. The van der Waals surface area contributed by atoms with Crippen molar-refractivity contribution in [3.8, 4) is 0 Å². The van der Waals surface area contributed by atoms with Gasteiger partial charge in [-0.1, -0.05) is 26.8 Å². The van der Waals surface area contributed by atoms with Gasteiger partial charge in [-0.15, -0.1) is 0 Å². The zero-order chi connectivity index (χ0) is 17.2. The first-order valence-electron chi connectivity index (χ1n) is 7.67. The van der Waals surface area contributed by atoms with Crippen molar-refractivity contribution >= 4 is 11.9 Å². The lowest BCUT2D eigenvalue weighted by molar-refractivity contribution is 0.0618. The van der Waals surface area contributed by atoms with Crippen LogP contribution in [-0.2, 0) is 5.41 Å². The van der Waals surface area contributed by atoms with Crippen LogP contribution in [0.3, 0.4) is 0 Å². The van der Waals surface area contributed by atoms with E-state index >= 15 is 0 Å². The zero-order valence-corrected chi connectivity index (χ0v) is 14.6. The Bertz CT molecular complexity index is 560. The van der Waals surface area contributed by atoms with Crippen LogP contribution in [0.1, 0.15) is 74.7 Å². The van der Waals surface area contributed by atoms with E-state index in [2.05, 4.69) is 0 Å². The number of carbonyl (C=O) groups is 2. The summed E-state index contributed by atoms with van der Waals surface area (Å²) in [6, 6.07) is 5.13. The van der Waals surface area contributed by atoms with Crippen LogP contribution in [0.25, 0.3) is 0 Å². The number of rotatable bonds is 4. The van der Waals surface area contributed by atoms with Crippen LogP contribution < -0.4 is 0 Å². The summed E-state index contributed by atoms with van der Waals surface area (Å²) in [5.74, 6) is -1.30. The summed E-state index contributed by atoms with van der Waals surface area (Å²) in [6.45, 7) is 13.8. The molecule has 0 aliphatic rings. The molecule has 0 aliphatic heterocycles. The first-order chi connectivity index (χ1) is 9.96. The van der Waals surface area contributed by atoms with Crippen LogP contribution in [0.2, 0.25) is 0 Å². The predicted octanol–water partition coefficient (Wildman–Crippen LogP) is 3.94. The van der Waals surface area contributed by atoms with E-state index in [1.807, 2.05) is 54.5 Å². The number of benzene rings is 1. The van der Waals surface area contributed by atoms with Gasteiger partial charge < -0.3 is 10.0 Å². The van der Waals surface area contributed by atoms with Crippen molar-refractivity contribution in [1.82, 2.24) is 4.90 Å². The quantitative estimate of drug-likeness (QED) is 0.916. The molecule has 0 saturated heterocycles. The summed E-state index contributed by atoms with van der Waals surface area (Å²) in [4.78, 5) is 26.1. The van der Waals surface area contributed by atoms with Gasteiger partial charge in [0.05, 0.1) is 11.1 Å². The monoisotopic (exact) mass is 305 g/mol. The molecule has 1 aromatic rings. The molecule has 0 saturated carbocycles. The van der Waals surface area contributed by atoms with E-state index in [1.165, 1.54) is 0 Å². The second kappa shape index (κ2) is 6.51. The van der Waals surface area contributed by atoms with Gasteiger partial charge in [0, 0.05) is 12.1 Å². The van der Waals surface area contributed by atoms with Crippen LogP contribution in [0.5, 0.6) is 0 Å². The van der Waals surface area contributed by atoms with Gasteiger partial charge in [0.25, 0.3) is 5.91 Å². The van der Waals surface area contributed by atoms with Crippen LogP contribution in [-0.4, -0.2) is 34.0 Å². The molecule has 0 aliphatic carbocycles. The second-order valence-corrected chi connectivity index (χ2v) is 7.22. The minimum atomic E-state index is -1.07. The number of amides is 1. The topological polar surface area (TPSA) is 57.6 Å². The average Bonchev–Trinajstić information content (AvgIpc) is 2.35. The van der Waals surface area contributed by atoms with Crippen LogP contribution >= 0.6 is 0 Å². The summed E-state index contributed by atoms with van der Waals surface area (Å²) >= 11 is 0. The van der Waals surface area contributed by atoms with E-state index in [1.54, 1.807) is 17.0 Å². The average molecular weight is 305 g/mol. The molecular formula is C18H27NO3. The molecule has 1 aromatic carbocycles. The van der Waals surface area contributed by atoms with Crippen LogP contribution in [0.4, 0.5) is 0 Å². The van der Waals surface area contributed by atoms with Gasteiger partial charge in [0.2, 0.25) is 0 Å². The molecule has 0 aromatic heterocycles. The summed E-state index contributed by atoms with van der Waals surface area (Å²) in [6.07, 6.45) is 0. The van der Waals surface area contributed by atoms with Gasteiger partial charge in [-0.3, -0.25) is 4.79 Å². The lowest BCUT2D eigenvalue weighted by Crippen LogP contribution is -2.42. The van der Waals surface area contributed by atoms with Crippen molar-refractivity contribution in [3.05, 3.63) is 34.9 Å². The standard InChI is InChI=1S/C18H27NO3/c1-11(2)19(12(3)4)16(20)14-9-8-13(18(5,6)7)10-15(14)17(21)22/h8-12H,1-7H3,(H,21,22). The number of carboxylic acids is 1. The Balaban J connectivity index is 3.41. The van der Waals surface area contributed by atoms with Gasteiger partial charge in [-0.25, -0.2) is 4.79 Å². The largest absolute Gasteiger partial charge is 0.478 e. The second-order valence-electron chi connectivity index (χ2n) is 7.22. The molecule has 0 heterocycles. The fraction of sp³-hybridized carbons (Fsp3) is 0.556. The summed E-state index contributed by atoms with van der Waals surface area (Å²) in [7, 11) is 0. The fourth-order valence-corrected chi connectivity index (χ4v) is 2.58. The molecule has 122 valence electrons. The molecule has 22 heavy (non-hydrogen) atoms. The normalized spacial score (nSPS) is 11.9. The number of hydrogen-bond acceptors (Lipinski definition) is 2. The van der Waals surface area contributed by atoms with Gasteiger partial charge >= 0.3 is 5.97 Å². The molecular weight excluding hydrogens is 278 g/mol. The third-order valence-corrected chi connectivity index (χ3v) is 3.69. The summed E-state index contributed by atoms with van der Waals surface area (Å²) in [5, 5.41) is 9.49. The molecule has 1 N–H and O–H groups in total. The van der Waals surface area contributed by atoms with E-state index in [0.717, 1.165) is 5.56 Å². The van der Waals surface area contributed by atoms with E-state index in [-0.39, 0.29) is 34.5 Å². The number of aromatic carboxylic acids is 1. The molecule has 0 fully saturated rings. The Morgan fingerprint density at radius 1 is 1.00 bits per heavy atom. The molecule has 0 atom stereocenters. The third-order valence-electron chi connectivity index (χ3n) is 3.69. The van der Waals surface area contributed by atoms with Gasteiger partial charge in [0.15, 0.2) is 0 Å².